The van der Waals surface area contributed by atoms with Crippen molar-refractivity contribution >= 4 is 29.1 Å². The molecule has 0 aliphatic carbocycles. The molecule has 2 aliphatic heterocycles. The van der Waals surface area contributed by atoms with Gasteiger partial charge < -0.3 is 19.4 Å². The fourth-order valence-corrected chi connectivity index (χ4v) is 5.15. The molecule has 0 radical (unpaired) electrons. The van der Waals surface area contributed by atoms with Crippen molar-refractivity contribution in [3.8, 4) is 5.88 Å². The first-order valence-electron chi connectivity index (χ1n) is 12.6. The van der Waals surface area contributed by atoms with Crippen LogP contribution in [0.3, 0.4) is 0 Å². The Hall–Kier alpha value is -2.64. The highest BCUT2D eigenvalue weighted by Gasteiger charge is 2.30. The topological polar surface area (TPSA) is 66.0 Å². The summed E-state index contributed by atoms with van der Waals surface area (Å²) < 4.78 is 6.01. The molecule has 7 nitrogen and oxygen atoms in total. The smallest absolute Gasteiger partial charge is 0.230 e. The number of benzene rings is 1. The van der Waals surface area contributed by atoms with E-state index in [0.29, 0.717) is 43.4 Å². The van der Waals surface area contributed by atoms with Gasteiger partial charge in [0, 0.05) is 68.5 Å². The molecule has 35 heavy (non-hydrogen) atoms. The van der Waals surface area contributed by atoms with E-state index >= 15 is 0 Å². The summed E-state index contributed by atoms with van der Waals surface area (Å²) in [7, 11) is 0. The number of amides is 2. The van der Waals surface area contributed by atoms with Crippen molar-refractivity contribution in [2.45, 2.75) is 45.1 Å². The number of hydrogen-bond donors (Lipinski definition) is 0. The average Bonchev–Trinajstić information content (AvgIpc) is 2.88. The summed E-state index contributed by atoms with van der Waals surface area (Å²) in [5.74, 6) is 0.842. The van der Waals surface area contributed by atoms with Gasteiger partial charge >= 0.3 is 0 Å². The number of likely N-dealkylation sites (tertiary alicyclic amines) is 2. The van der Waals surface area contributed by atoms with Crippen molar-refractivity contribution < 1.29 is 14.3 Å². The highest BCUT2D eigenvalue weighted by molar-refractivity contribution is 6.30. The van der Waals surface area contributed by atoms with Gasteiger partial charge in [0.15, 0.2) is 0 Å². The first-order valence-corrected chi connectivity index (χ1v) is 13.0. The molecule has 1 aromatic heterocycles. The number of aromatic nitrogens is 1. The van der Waals surface area contributed by atoms with Crippen LogP contribution in [-0.4, -0.2) is 72.0 Å². The normalized spacial score (nSPS) is 17.8. The second kappa shape index (κ2) is 12.4. The number of ether oxygens (including phenoxy) is 1. The summed E-state index contributed by atoms with van der Waals surface area (Å²) in [5, 5.41) is 0.627. The Morgan fingerprint density at radius 2 is 1.83 bits per heavy atom. The van der Waals surface area contributed by atoms with E-state index in [2.05, 4.69) is 9.88 Å². The summed E-state index contributed by atoms with van der Waals surface area (Å²) in [6.07, 6.45) is 6.20. The van der Waals surface area contributed by atoms with Gasteiger partial charge in [-0.1, -0.05) is 23.7 Å². The molecule has 1 aromatic carbocycles. The molecule has 0 N–H and O–H groups in total. The number of anilines is 1. The van der Waals surface area contributed by atoms with E-state index in [1.807, 2.05) is 52.3 Å². The molecule has 188 valence electrons. The maximum Gasteiger partial charge on any atom is 0.230 e. The van der Waals surface area contributed by atoms with E-state index in [-0.39, 0.29) is 23.8 Å². The molecular weight excluding hydrogens is 464 g/mol. The Labute approximate surface area is 213 Å². The highest BCUT2D eigenvalue weighted by Crippen LogP contribution is 2.26. The van der Waals surface area contributed by atoms with Gasteiger partial charge in [-0.2, -0.15) is 0 Å². The fraction of sp³-hybridized carbons (Fsp3) is 0.519. The van der Waals surface area contributed by atoms with Crippen molar-refractivity contribution in [3.05, 3.63) is 53.7 Å². The van der Waals surface area contributed by atoms with Gasteiger partial charge in [0.25, 0.3) is 0 Å². The lowest BCUT2D eigenvalue weighted by Crippen LogP contribution is -2.45. The molecule has 2 aliphatic rings. The van der Waals surface area contributed by atoms with Gasteiger partial charge in [0.1, 0.15) is 6.10 Å². The molecule has 0 unspecified atom stereocenters. The Morgan fingerprint density at radius 3 is 2.49 bits per heavy atom. The average molecular weight is 499 g/mol. The van der Waals surface area contributed by atoms with Gasteiger partial charge in [-0.3, -0.25) is 9.59 Å². The number of hydrogen-bond acceptors (Lipinski definition) is 5. The maximum atomic E-state index is 13.5. The number of carbonyl (C=O) groups excluding carboxylic acids is 2. The van der Waals surface area contributed by atoms with Crippen LogP contribution in [0.4, 0.5) is 5.69 Å². The third kappa shape index (κ3) is 7.18. The summed E-state index contributed by atoms with van der Waals surface area (Å²) in [6, 6.07) is 13.3. The Balaban J connectivity index is 1.29. The van der Waals surface area contributed by atoms with Crippen LogP contribution >= 0.6 is 11.6 Å². The summed E-state index contributed by atoms with van der Waals surface area (Å²) in [5.41, 5.74) is 0.846. The molecule has 4 rings (SSSR count). The summed E-state index contributed by atoms with van der Waals surface area (Å²) in [6.45, 7) is 6.42. The Bertz CT molecular complexity index is 973. The number of carbonyl (C=O) groups is 2. The lowest BCUT2D eigenvalue weighted by atomic mass is 9.94. The van der Waals surface area contributed by atoms with Gasteiger partial charge in [-0.05, 0) is 62.9 Å². The second-order valence-electron chi connectivity index (χ2n) is 9.43. The Kier molecular flexibility index (Phi) is 8.99. The lowest BCUT2D eigenvalue weighted by molar-refractivity contribution is -0.133. The number of halogens is 1. The van der Waals surface area contributed by atoms with Gasteiger partial charge in [-0.15, -0.1) is 0 Å². The van der Waals surface area contributed by atoms with Crippen LogP contribution in [-0.2, 0) is 9.59 Å². The second-order valence-corrected chi connectivity index (χ2v) is 9.87. The van der Waals surface area contributed by atoms with Crippen molar-refractivity contribution in [2.24, 2.45) is 5.92 Å². The minimum Gasteiger partial charge on any atom is -0.474 e. The predicted octanol–water partition coefficient (Wildman–Crippen LogP) is 4.26. The van der Waals surface area contributed by atoms with Crippen LogP contribution in [0.5, 0.6) is 5.88 Å². The molecule has 0 spiro atoms. The first-order chi connectivity index (χ1) is 17.0. The van der Waals surface area contributed by atoms with Gasteiger partial charge in [-0.25, -0.2) is 4.98 Å². The Morgan fingerprint density at radius 1 is 1.06 bits per heavy atom. The maximum absolute atomic E-state index is 13.5. The van der Waals surface area contributed by atoms with Crippen LogP contribution < -0.4 is 9.64 Å². The van der Waals surface area contributed by atoms with Crippen molar-refractivity contribution in [2.75, 3.05) is 44.2 Å². The van der Waals surface area contributed by atoms with Gasteiger partial charge in [0.05, 0.1) is 0 Å². The molecule has 2 saturated heterocycles. The fourth-order valence-electron chi connectivity index (χ4n) is 4.96. The molecule has 0 atom stereocenters. The molecule has 0 bridgehead atoms. The molecule has 2 fully saturated rings. The van der Waals surface area contributed by atoms with Crippen molar-refractivity contribution in [3.63, 3.8) is 0 Å². The third-order valence-corrected chi connectivity index (χ3v) is 7.23. The minimum absolute atomic E-state index is 0.0657. The van der Waals surface area contributed by atoms with Gasteiger partial charge in [0.2, 0.25) is 17.7 Å². The van der Waals surface area contributed by atoms with Crippen molar-refractivity contribution in [1.82, 2.24) is 14.8 Å². The number of nitrogens with zero attached hydrogens (tertiary/aromatic N) is 4. The van der Waals surface area contributed by atoms with Crippen LogP contribution in [0.1, 0.15) is 39.0 Å². The van der Waals surface area contributed by atoms with E-state index in [0.717, 1.165) is 44.6 Å². The van der Waals surface area contributed by atoms with E-state index in [1.165, 1.54) is 0 Å². The molecule has 0 saturated carbocycles. The van der Waals surface area contributed by atoms with E-state index in [1.54, 1.807) is 13.1 Å². The monoisotopic (exact) mass is 498 g/mol. The molecule has 3 heterocycles. The van der Waals surface area contributed by atoms with E-state index in [9.17, 15) is 9.59 Å². The zero-order valence-corrected chi connectivity index (χ0v) is 21.2. The zero-order valence-electron chi connectivity index (χ0n) is 20.4. The van der Waals surface area contributed by atoms with Crippen LogP contribution in [0.2, 0.25) is 5.02 Å². The largest absolute Gasteiger partial charge is 0.474 e. The summed E-state index contributed by atoms with van der Waals surface area (Å²) in [4.78, 5) is 35.6. The molecule has 2 amide bonds. The molecule has 8 heteroatoms. The lowest BCUT2D eigenvalue weighted by Gasteiger charge is -2.35. The van der Waals surface area contributed by atoms with E-state index in [4.69, 9.17) is 16.3 Å². The first kappa shape index (κ1) is 25.5. The SMILES string of the molecule is CC(=O)N1CCC(C(=O)N(CCCN2CCC(Oc3ccccn3)CC2)c2cccc(Cl)c2)CC1. The predicted molar refractivity (Wildman–Crippen MR) is 138 cm³/mol. The number of piperidine rings is 2. The summed E-state index contributed by atoms with van der Waals surface area (Å²) >= 11 is 6.25. The van der Waals surface area contributed by atoms with Crippen LogP contribution in [0, 0.1) is 5.92 Å². The highest BCUT2D eigenvalue weighted by atomic mass is 35.5. The third-order valence-electron chi connectivity index (χ3n) is 6.99. The van der Waals surface area contributed by atoms with Crippen LogP contribution in [0.25, 0.3) is 0 Å². The molecule has 2 aromatic rings. The quantitative estimate of drug-likeness (QED) is 0.544. The van der Waals surface area contributed by atoms with E-state index < -0.39 is 0 Å². The standard InChI is InChI=1S/C27H35ClN4O3/c1-21(33)31-18-9-22(10-19-31)27(34)32(24-7-4-6-23(28)20-24)15-5-14-30-16-11-25(12-17-30)35-26-8-2-3-13-29-26/h2-4,6-8,13,20,22,25H,5,9-12,14-19H2,1H3. The number of rotatable bonds is 8. The zero-order chi connectivity index (χ0) is 24.6. The number of pyridine rings is 1. The minimum atomic E-state index is -0.0657. The van der Waals surface area contributed by atoms with Crippen molar-refractivity contribution in [1.29, 1.82) is 0 Å². The van der Waals surface area contributed by atoms with Crippen LogP contribution in [0.15, 0.2) is 48.7 Å². The molecular formula is C27H35ClN4O3.